The Morgan fingerprint density at radius 1 is 0.971 bits per heavy atom. The van der Waals surface area contributed by atoms with Crippen LogP contribution in [0.2, 0.25) is 0 Å². The molecular weight excluding hydrogens is 543 g/mol. The van der Waals surface area contributed by atoms with Gasteiger partial charge in [-0.3, -0.25) is 9.59 Å². The first-order valence-corrected chi connectivity index (χ1v) is 11.5. The highest BCUT2D eigenvalue weighted by Crippen LogP contribution is 2.20. The van der Waals surface area contributed by atoms with Crippen molar-refractivity contribution in [2.75, 3.05) is 26.1 Å². The Morgan fingerprint density at radius 3 is 2.26 bits per heavy atom. The first kappa shape index (κ1) is 25.0. The molecule has 0 saturated heterocycles. The summed E-state index contributed by atoms with van der Waals surface area (Å²) in [6.45, 7) is 0. The Hall–Kier alpha value is -3.66. The molecule has 0 unspecified atom stereocenters. The van der Waals surface area contributed by atoms with Gasteiger partial charge in [-0.15, -0.1) is 0 Å². The van der Waals surface area contributed by atoms with Gasteiger partial charge < -0.3 is 15.0 Å². The molecule has 2 N–H and O–H groups in total. The minimum atomic E-state index is -0.541. The SMILES string of the molecule is COc1ccc(/C=N\NC(=O)/C(=C/c2ccc(N(C)C)cc2)NC(=O)c2ccccc2)cc1I. The van der Waals surface area contributed by atoms with Gasteiger partial charge in [-0.05, 0) is 82.3 Å². The number of methoxy groups -OCH3 is 1. The molecule has 3 rings (SSSR count). The van der Waals surface area contributed by atoms with E-state index in [9.17, 15) is 9.59 Å². The Morgan fingerprint density at radius 2 is 1.65 bits per heavy atom. The van der Waals surface area contributed by atoms with Gasteiger partial charge in [-0.25, -0.2) is 5.43 Å². The molecular formula is C26H25IN4O3. The third kappa shape index (κ3) is 6.92. The van der Waals surface area contributed by atoms with Crippen LogP contribution in [-0.2, 0) is 4.79 Å². The molecule has 34 heavy (non-hydrogen) atoms. The third-order valence-electron chi connectivity index (χ3n) is 4.80. The summed E-state index contributed by atoms with van der Waals surface area (Å²) in [5, 5.41) is 6.75. The molecule has 0 fully saturated rings. The van der Waals surface area contributed by atoms with Crippen LogP contribution in [0.1, 0.15) is 21.5 Å². The topological polar surface area (TPSA) is 83.0 Å². The van der Waals surface area contributed by atoms with Crippen LogP contribution in [0.25, 0.3) is 6.08 Å². The fraction of sp³-hybridized carbons (Fsp3) is 0.115. The smallest absolute Gasteiger partial charge is 0.287 e. The summed E-state index contributed by atoms with van der Waals surface area (Å²) < 4.78 is 6.18. The molecule has 0 heterocycles. The van der Waals surface area contributed by atoms with E-state index in [0.29, 0.717) is 5.56 Å². The van der Waals surface area contributed by atoms with Gasteiger partial charge in [0, 0.05) is 25.3 Å². The van der Waals surface area contributed by atoms with Crippen molar-refractivity contribution in [3.8, 4) is 5.75 Å². The lowest BCUT2D eigenvalue weighted by molar-refractivity contribution is -0.117. The Kier molecular flexibility index (Phi) is 8.80. The lowest BCUT2D eigenvalue weighted by Crippen LogP contribution is -2.32. The maximum atomic E-state index is 12.9. The molecule has 0 aliphatic carbocycles. The fourth-order valence-electron chi connectivity index (χ4n) is 2.97. The number of rotatable bonds is 8. The predicted molar refractivity (Wildman–Crippen MR) is 144 cm³/mol. The number of hydrogen-bond acceptors (Lipinski definition) is 5. The van der Waals surface area contributed by atoms with E-state index in [1.807, 2.05) is 67.5 Å². The number of anilines is 1. The highest BCUT2D eigenvalue weighted by molar-refractivity contribution is 14.1. The van der Waals surface area contributed by atoms with E-state index in [1.165, 1.54) is 6.21 Å². The van der Waals surface area contributed by atoms with Crippen LogP contribution in [0.4, 0.5) is 5.69 Å². The molecule has 7 nitrogen and oxygen atoms in total. The minimum absolute atomic E-state index is 0.0768. The van der Waals surface area contributed by atoms with Gasteiger partial charge in [0.2, 0.25) is 0 Å². The van der Waals surface area contributed by atoms with Crippen molar-refractivity contribution in [3.05, 3.63) is 98.8 Å². The highest BCUT2D eigenvalue weighted by Gasteiger charge is 2.14. The normalized spacial score (nSPS) is 11.2. The zero-order chi connectivity index (χ0) is 24.5. The second kappa shape index (κ2) is 12.0. The van der Waals surface area contributed by atoms with E-state index in [0.717, 1.165) is 26.1 Å². The van der Waals surface area contributed by atoms with Crippen molar-refractivity contribution in [1.82, 2.24) is 10.7 Å². The molecule has 8 heteroatoms. The Balaban J connectivity index is 1.80. The zero-order valence-corrected chi connectivity index (χ0v) is 21.2. The van der Waals surface area contributed by atoms with Gasteiger partial charge in [-0.1, -0.05) is 30.3 Å². The van der Waals surface area contributed by atoms with Crippen molar-refractivity contribution in [3.63, 3.8) is 0 Å². The first-order chi connectivity index (χ1) is 16.4. The summed E-state index contributed by atoms with van der Waals surface area (Å²) in [7, 11) is 5.51. The summed E-state index contributed by atoms with van der Waals surface area (Å²) in [4.78, 5) is 27.6. The van der Waals surface area contributed by atoms with E-state index in [2.05, 4.69) is 38.4 Å². The zero-order valence-electron chi connectivity index (χ0n) is 19.1. The van der Waals surface area contributed by atoms with E-state index in [-0.39, 0.29) is 11.6 Å². The van der Waals surface area contributed by atoms with Gasteiger partial charge in [0.05, 0.1) is 16.9 Å². The quantitative estimate of drug-likeness (QED) is 0.184. The van der Waals surface area contributed by atoms with Gasteiger partial charge in [-0.2, -0.15) is 5.10 Å². The Bertz CT molecular complexity index is 1210. The van der Waals surface area contributed by atoms with Crippen molar-refractivity contribution in [2.24, 2.45) is 5.10 Å². The molecule has 0 bridgehead atoms. The molecule has 0 radical (unpaired) electrons. The van der Waals surface area contributed by atoms with Crippen molar-refractivity contribution >= 4 is 52.4 Å². The number of carbonyl (C=O) groups is 2. The summed E-state index contributed by atoms with van der Waals surface area (Å²) in [5.74, 6) is -0.169. The molecule has 3 aromatic carbocycles. The number of ether oxygens (including phenoxy) is 1. The molecule has 0 saturated carbocycles. The van der Waals surface area contributed by atoms with E-state index < -0.39 is 5.91 Å². The van der Waals surface area contributed by atoms with Crippen molar-refractivity contribution in [2.45, 2.75) is 0 Å². The van der Waals surface area contributed by atoms with Crippen molar-refractivity contribution < 1.29 is 14.3 Å². The number of hydrogen-bond donors (Lipinski definition) is 2. The average molecular weight is 568 g/mol. The summed E-state index contributed by atoms with van der Waals surface area (Å²) in [6.07, 6.45) is 3.14. The third-order valence-corrected chi connectivity index (χ3v) is 5.65. The first-order valence-electron chi connectivity index (χ1n) is 10.4. The fourth-order valence-corrected chi connectivity index (χ4v) is 3.73. The van der Waals surface area contributed by atoms with E-state index >= 15 is 0 Å². The number of carbonyl (C=O) groups excluding carboxylic acids is 2. The van der Waals surface area contributed by atoms with Crippen molar-refractivity contribution in [1.29, 1.82) is 0 Å². The maximum absolute atomic E-state index is 12.9. The lowest BCUT2D eigenvalue weighted by Gasteiger charge is -2.12. The molecule has 0 aromatic heterocycles. The monoisotopic (exact) mass is 568 g/mol. The highest BCUT2D eigenvalue weighted by atomic mass is 127. The van der Waals surface area contributed by atoms with Crippen LogP contribution in [0.3, 0.4) is 0 Å². The second-order valence-corrected chi connectivity index (χ2v) is 8.62. The largest absolute Gasteiger partial charge is 0.496 e. The molecule has 0 spiro atoms. The van der Waals surface area contributed by atoms with Crippen LogP contribution >= 0.6 is 22.6 Å². The van der Waals surface area contributed by atoms with Crippen LogP contribution in [0.5, 0.6) is 5.75 Å². The van der Waals surface area contributed by atoms with Gasteiger partial charge >= 0.3 is 0 Å². The number of hydrazone groups is 1. The maximum Gasteiger partial charge on any atom is 0.287 e. The van der Waals surface area contributed by atoms with Crippen LogP contribution < -0.4 is 20.4 Å². The molecule has 0 aliphatic rings. The number of benzene rings is 3. The molecule has 174 valence electrons. The predicted octanol–water partition coefficient (Wildman–Crippen LogP) is 4.29. The molecule has 3 aromatic rings. The van der Waals surface area contributed by atoms with Gasteiger partial charge in [0.1, 0.15) is 11.4 Å². The molecule has 0 aliphatic heterocycles. The summed E-state index contributed by atoms with van der Waals surface area (Å²) >= 11 is 2.17. The molecule has 2 amide bonds. The standard InChI is InChI=1S/C26H25IN4O3/c1-31(2)21-12-9-18(10-13-21)16-23(29-25(32)20-7-5-4-6-8-20)26(33)30-28-17-19-11-14-24(34-3)22(27)15-19/h4-17H,1-3H3,(H,29,32)(H,30,33)/b23-16-,28-17-. The van der Waals surface area contributed by atoms with Crippen LogP contribution in [0, 0.1) is 3.57 Å². The number of halogens is 1. The van der Waals surface area contributed by atoms with E-state index in [1.54, 1.807) is 37.5 Å². The van der Waals surface area contributed by atoms with Gasteiger partial charge in [0.25, 0.3) is 11.8 Å². The summed E-state index contributed by atoms with van der Waals surface area (Å²) in [6, 6.07) is 21.9. The van der Waals surface area contributed by atoms with Crippen LogP contribution in [0.15, 0.2) is 83.6 Å². The number of nitrogens with zero attached hydrogens (tertiary/aromatic N) is 2. The average Bonchev–Trinajstić information content (AvgIpc) is 2.84. The van der Waals surface area contributed by atoms with Crippen LogP contribution in [-0.4, -0.2) is 39.2 Å². The van der Waals surface area contributed by atoms with E-state index in [4.69, 9.17) is 4.74 Å². The summed E-state index contributed by atoms with van der Waals surface area (Å²) in [5.41, 5.74) is 5.59. The minimum Gasteiger partial charge on any atom is -0.496 e. The Labute approximate surface area is 212 Å². The molecule has 0 atom stereocenters. The number of amides is 2. The number of nitrogens with one attached hydrogen (secondary N) is 2. The second-order valence-electron chi connectivity index (χ2n) is 7.46. The van der Waals surface area contributed by atoms with Gasteiger partial charge in [0.15, 0.2) is 0 Å². The lowest BCUT2D eigenvalue weighted by atomic mass is 10.1.